The third-order valence-corrected chi connectivity index (χ3v) is 9.42. The predicted molar refractivity (Wildman–Crippen MR) is 213 cm³/mol. The molecule has 0 saturated carbocycles. The Labute approximate surface area is 330 Å². The second-order valence-electron chi connectivity index (χ2n) is 16.3. The van der Waals surface area contributed by atoms with E-state index in [1.807, 2.05) is 32.8 Å². The third kappa shape index (κ3) is 16.4. The van der Waals surface area contributed by atoms with Crippen LogP contribution in [-0.2, 0) is 35.2 Å². The van der Waals surface area contributed by atoms with Gasteiger partial charge in [0.2, 0.25) is 29.5 Å². The number of unbranched alkanes of at least 4 members (excludes halogenated alkanes) is 1. The summed E-state index contributed by atoms with van der Waals surface area (Å²) >= 11 is 0. The van der Waals surface area contributed by atoms with E-state index < -0.39 is 65.2 Å². The topological polar surface area (TPSA) is 262 Å². The van der Waals surface area contributed by atoms with Gasteiger partial charge in [-0.15, -0.1) is 0 Å². The van der Waals surface area contributed by atoms with Gasteiger partial charge < -0.3 is 52.7 Å². The SMILES string of the molecule is CC(C)C[C@H](NC(=O)[C@@H](NC(=O)[C@H](Cc1ccc(O)cc1)NC(=O)[C@@H]1CCCN1C(=O)[C@H](CCCN=C(N)N)NC(=O)CCCCN(C)C)C(C)(C)C)C(=O)O. The van der Waals surface area contributed by atoms with Crippen molar-refractivity contribution in [3.63, 3.8) is 0 Å². The minimum absolute atomic E-state index is 0.00579. The standard InChI is InChI=1S/C39H65N9O8/c1-24(2)22-29(37(55)56)45-35(53)32(39(3,4)5)46-33(51)28(23-25-15-17-26(49)18-16-25)44-34(52)30-13-11-21-48(30)36(54)27(12-10-19-42-38(40)41)43-31(50)14-8-9-20-47(6)7/h15-18,24,27-30,32,49H,8-14,19-23H2,1-7H3,(H,43,50)(H,44,52)(H,45,53)(H,46,51)(H,55,56)(H4,40,41,42)/t27-,28-,29-,30-,32+/m0/s1. The van der Waals surface area contributed by atoms with Gasteiger partial charge in [0.25, 0.3) is 0 Å². The summed E-state index contributed by atoms with van der Waals surface area (Å²) in [6, 6.07) is 0.603. The van der Waals surface area contributed by atoms with Gasteiger partial charge in [-0.25, -0.2) is 4.79 Å². The molecule has 0 aromatic heterocycles. The van der Waals surface area contributed by atoms with Gasteiger partial charge in [0.1, 0.15) is 36.0 Å². The Morgan fingerprint density at radius 2 is 1.57 bits per heavy atom. The van der Waals surface area contributed by atoms with Gasteiger partial charge in [-0.3, -0.25) is 29.0 Å². The number of likely N-dealkylation sites (tertiary alicyclic amines) is 1. The first-order chi connectivity index (χ1) is 26.2. The lowest BCUT2D eigenvalue weighted by molar-refractivity contribution is -0.143. The van der Waals surface area contributed by atoms with E-state index in [9.17, 15) is 39.0 Å². The lowest BCUT2D eigenvalue weighted by Crippen LogP contribution is -2.61. The molecule has 17 nitrogen and oxygen atoms in total. The van der Waals surface area contributed by atoms with E-state index in [4.69, 9.17) is 11.5 Å². The number of hydrogen-bond acceptors (Lipinski definition) is 9. The van der Waals surface area contributed by atoms with Crippen LogP contribution in [0.25, 0.3) is 0 Å². The van der Waals surface area contributed by atoms with E-state index in [0.29, 0.717) is 31.2 Å². The molecule has 0 bridgehead atoms. The Morgan fingerprint density at radius 3 is 2.14 bits per heavy atom. The van der Waals surface area contributed by atoms with Gasteiger partial charge in [-0.05, 0) is 94.6 Å². The molecule has 1 aliphatic rings. The summed E-state index contributed by atoms with van der Waals surface area (Å²) in [5, 5.41) is 30.6. The smallest absolute Gasteiger partial charge is 0.326 e. The summed E-state index contributed by atoms with van der Waals surface area (Å²) in [5.41, 5.74) is 10.7. The number of nitrogens with zero attached hydrogens (tertiary/aromatic N) is 3. The Morgan fingerprint density at radius 1 is 0.911 bits per heavy atom. The highest BCUT2D eigenvalue weighted by Gasteiger charge is 2.40. The second-order valence-corrected chi connectivity index (χ2v) is 16.3. The van der Waals surface area contributed by atoms with Crippen molar-refractivity contribution >= 4 is 41.5 Å². The molecular weight excluding hydrogens is 722 g/mol. The van der Waals surface area contributed by atoms with Crippen molar-refractivity contribution in [3.8, 4) is 5.75 Å². The van der Waals surface area contributed by atoms with Crippen LogP contribution in [0.15, 0.2) is 29.3 Å². The molecule has 0 spiro atoms. The molecule has 17 heteroatoms. The normalized spacial score (nSPS) is 16.4. The maximum absolute atomic E-state index is 14.1. The molecule has 2 rings (SSSR count). The zero-order chi connectivity index (χ0) is 42.2. The average molecular weight is 788 g/mol. The Kier molecular flexibility index (Phi) is 19.0. The second kappa shape index (κ2) is 22.6. The highest BCUT2D eigenvalue weighted by molar-refractivity contribution is 5.96. The average Bonchev–Trinajstić information content (AvgIpc) is 3.59. The zero-order valence-electron chi connectivity index (χ0n) is 34.1. The highest BCUT2D eigenvalue weighted by atomic mass is 16.4. The van der Waals surface area contributed by atoms with E-state index in [2.05, 4.69) is 26.3 Å². The molecule has 1 aromatic rings. The van der Waals surface area contributed by atoms with Crippen LogP contribution >= 0.6 is 0 Å². The quantitative estimate of drug-likeness (QED) is 0.0464. The first kappa shape index (κ1) is 47.2. The molecule has 1 heterocycles. The molecule has 1 aliphatic heterocycles. The number of hydrogen-bond donors (Lipinski definition) is 8. The Bertz CT molecular complexity index is 1510. The molecule has 1 saturated heterocycles. The predicted octanol–water partition coefficient (Wildman–Crippen LogP) is 0.827. The van der Waals surface area contributed by atoms with Crippen molar-refractivity contribution in [2.75, 3.05) is 33.7 Å². The number of carbonyl (C=O) groups excluding carboxylic acids is 5. The van der Waals surface area contributed by atoms with Crippen LogP contribution in [0.2, 0.25) is 0 Å². The van der Waals surface area contributed by atoms with Gasteiger partial charge in [0.05, 0.1) is 0 Å². The number of benzene rings is 1. The third-order valence-electron chi connectivity index (χ3n) is 9.42. The first-order valence-corrected chi connectivity index (χ1v) is 19.4. The van der Waals surface area contributed by atoms with E-state index >= 15 is 0 Å². The monoisotopic (exact) mass is 787 g/mol. The summed E-state index contributed by atoms with van der Waals surface area (Å²) in [6.07, 6.45) is 3.25. The molecule has 314 valence electrons. The minimum atomic E-state index is -1.23. The summed E-state index contributed by atoms with van der Waals surface area (Å²) in [6.45, 7) is 10.2. The van der Waals surface area contributed by atoms with Crippen LogP contribution in [0, 0.1) is 11.3 Å². The number of amides is 5. The van der Waals surface area contributed by atoms with Gasteiger partial charge in [-0.1, -0.05) is 46.8 Å². The molecule has 0 aliphatic carbocycles. The van der Waals surface area contributed by atoms with E-state index in [0.717, 1.165) is 13.0 Å². The minimum Gasteiger partial charge on any atom is -0.508 e. The molecule has 1 aromatic carbocycles. The molecule has 5 atom stereocenters. The largest absolute Gasteiger partial charge is 0.508 e. The number of carbonyl (C=O) groups is 6. The van der Waals surface area contributed by atoms with E-state index in [-0.39, 0.29) is 62.3 Å². The fourth-order valence-corrected chi connectivity index (χ4v) is 6.46. The number of guanidine groups is 1. The van der Waals surface area contributed by atoms with Crippen molar-refractivity contribution in [2.24, 2.45) is 27.8 Å². The van der Waals surface area contributed by atoms with Crippen LogP contribution in [0.3, 0.4) is 0 Å². The first-order valence-electron chi connectivity index (χ1n) is 19.4. The van der Waals surface area contributed by atoms with Gasteiger partial charge in [0.15, 0.2) is 5.96 Å². The number of aliphatic imine (C=N–C) groups is 1. The summed E-state index contributed by atoms with van der Waals surface area (Å²) in [4.78, 5) is 88.1. The molecule has 0 unspecified atom stereocenters. The number of aliphatic carboxylic acids is 1. The molecule has 5 amide bonds. The number of rotatable bonds is 22. The van der Waals surface area contributed by atoms with E-state index in [1.54, 1.807) is 32.9 Å². The van der Waals surface area contributed by atoms with Crippen molar-refractivity contribution in [1.29, 1.82) is 0 Å². The lowest BCUT2D eigenvalue weighted by Gasteiger charge is -2.33. The van der Waals surface area contributed by atoms with Crippen LogP contribution < -0.4 is 32.7 Å². The van der Waals surface area contributed by atoms with Crippen molar-refractivity contribution in [3.05, 3.63) is 29.8 Å². The van der Waals surface area contributed by atoms with E-state index in [1.165, 1.54) is 17.0 Å². The number of nitrogens with one attached hydrogen (secondary N) is 4. The summed E-state index contributed by atoms with van der Waals surface area (Å²) < 4.78 is 0. The fraction of sp³-hybridized carbons (Fsp3) is 0.667. The van der Waals surface area contributed by atoms with Crippen LogP contribution in [0.1, 0.15) is 91.5 Å². The fourth-order valence-electron chi connectivity index (χ4n) is 6.46. The molecule has 56 heavy (non-hydrogen) atoms. The van der Waals surface area contributed by atoms with Crippen molar-refractivity contribution in [2.45, 2.75) is 123 Å². The number of phenols is 1. The molecule has 1 fully saturated rings. The van der Waals surface area contributed by atoms with Crippen LogP contribution in [-0.4, -0.2) is 125 Å². The maximum atomic E-state index is 14.1. The molecule has 0 radical (unpaired) electrons. The Hall–Kier alpha value is -4.93. The van der Waals surface area contributed by atoms with Crippen molar-refractivity contribution < 1.29 is 39.0 Å². The van der Waals surface area contributed by atoms with Crippen LogP contribution in [0.5, 0.6) is 5.75 Å². The summed E-state index contributed by atoms with van der Waals surface area (Å²) in [5.74, 6) is -4.02. The Balaban J connectivity index is 2.34. The van der Waals surface area contributed by atoms with Crippen LogP contribution in [0.4, 0.5) is 0 Å². The highest BCUT2D eigenvalue weighted by Crippen LogP contribution is 2.23. The lowest BCUT2D eigenvalue weighted by atomic mass is 9.85. The van der Waals surface area contributed by atoms with Gasteiger partial charge in [0, 0.05) is 25.9 Å². The zero-order valence-corrected chi connectivity index (χ0v) is 34.1. The van der Waals surface area contributed by atoms with Gasteiger partial charge >= 0.3 is 5.97 Å². The van der Waals surface area contributed by atoms with Crippen molar-refractivity contribution in [1.82, 2.24) is 31.1 Å². The number of nitrogens with two attached hydrogens (primary N) is 2. The number of phenolic OH excluding ortho intramolecular Hbond substituents is 1. The number of aromatic hydroxyl groups is 1. The maximum Gasteiger partial charge on any atom is 0.326 e. The number of carboxylic acids is 1. The molecular formula is C39H65N9O8. The molecule has 10 N–H and O–H groups in total. The number of carboxylic acid groups (broad SMARTS) is 1. The van der Waals surface area contributed by atoms with Gasteiger partial charge in [-0.2, -0.15) is 0 Å². The summed E-state index contributed by atoms with van der Waals surface area (Å²) in [7, 11) is 3.90.